The predicted molar refractivity (Wildman–Crippen MR) is 60.3 cm³/mol. The average Bonchev–Trinajstić information content (AvgIpc) is 2.29. The van der Waals surface area contributed by atoms with E-state index in [9.17, 15) is 0 Å². The molecule has 15 heavy (non-hydrogen) atoms. The van der Waals surface area contributed by atoms with Crippen molar-refractivity contribution in [2.75, 3.05) is 6.61 Å². The molecule has 0 N–H and O–H groups in total. The summed E-state index contributed by atoms with van der Waals surface area (Å²) in [6, 6.07) is 6.38. The molecule has 0 aliphatic carbocycles. The van der Waals surface area contributed by atoms with Crippen molar-refractivity contribution in [3.05, 3.63) is 35.5 Å². The number of rotatable bonds is 0. The summed E-state index contributed by atoms with van der Waals surface area (Å²) in [6.45, 7) is 2.90. The first kappa shape index (κ1) is 8.72. The third-order valence-corrected chi connectivity index (χ3v) is 2.87. The number of nitrogens with zero attached hydrogens (tertiary/aromatic N) is 1. The summed E-state index contributed by atoms with van der Waals surface area (Å²) >= 11 is 0. The molecule has 76 valence electrons. The molecule has 2 nitrogen and oxygen atoms in total. The highest BCUT2D eigenvalue weighted by atomic mass is 16.5. The van der Waals surface area contributed by atoms with E-state index < -0.39 is 0 Å². The largest absolute Gasteiger partial charge is 0.493 e. The number of fused-ring (bicyclic) bond motifs is 3. The molecule has 2 heterocycles. The number of aromatic nitrogens is 1. The van der Waals surface area contributed by atoms with Gasteiger partial charge >= 0.3 is 0 Å². The highest BCUT2D eigenvalue weighted by Gasteiger charge is 2.13. The molecule has 1 aromatic heterocycles. The molecule has 0 atom stereocenters. The van der Waals surface area contributed by atoms with Crippen molar-refractivity contribution in [3.8, 4) is 5.75 Å². The van der Waals surface area contributed by atoms with Crippen LogP contribution in [0.5, 0.6) is 5.75 Å². The van der Waals surface area contributed by atoms with E-state index >= 15 is 0 Å². The van der Waals surface area contributed by atoms with E-state index in [-0.39, 0.29) is 0 Å². The molecule has 3 rings (SSSR count). The lowest BCUT2D eigenvalue weighted by atomic mass is 10.0. The number of hydrogen-bond donors (Lipinski definition) is 0. The van der Waals surface area contributed by atoms with Gasteiger partial charge in [0.1, 0.15) is 5.75 Å². The minimum atomic E-state index is 0.833. The van der Waals surface area contributed by atoms with Crippen LogP contribution in [0, 0.1) is 6.92 Å². The van der Waals surface area contributed by atoms with E-state index in [0.29, 0.717) is 0 Å². The van der Waals surface area contributed by atoms with Gasteiger partial charge in [-0.15, -0.1) is 0 Å². The van der Waals surface area contributed by atoms with Crippen LogP contribution in [-0.4, -0.2) is 11.6 Å². The molecular formula is C13H13NO. The summed E-state index contributed by atoms with van der Waals surface area (Å²) in [7, 11) is 0. The number of benzene rings is 1. The Morgan fingerprint density at radius 2 is 2.27 bits per heavy atom. The molecule has 0 bridgehead atoms. The maximum absolute atomic E-state index is 5.75. The Bertz CT molecular complexity index is 519. The van der Waals surface area contributed by atoms with Crippen LogP contribution in [0.25, 0.3) is 10.9 Å². The smallest absolute Gasteiger partial charge is 0.131 e. The second kappa shape index (κ2) is 3.23. The first-order valence-corrected chi connectivity index (χ1v) is 5.35. The van der Waals surface area contributed by atoms with Gasteiger partial charge in [0, 0.05) is 11.6 Å². The molecule has 0 saturated carbocycles. The Kier molecular flexibility index (Phi) is 1.88. The molecule has 0 spiro atoms. The maximum Gasteiger partial charge on any atom is 0.131 e. The third kappa shape index (κ3) is 1.37. The van der Waals surface area contributed by atoms with E-state index in [1.54, 1.807) is 0 Å². The molecule has 2 aromatic rings. The zero-order chi connectivity index (χ0) is 10.3. The summed E-state index contributed by atoms with van der Waals surface area (Å²) in [4.78, 5) is 4.41. The van der Waals surface area contributed by atoms with E-state index in [0.717, 1.165) is 36.1 Å². The monoisotopic (exact) mass is 199 g/mol. The Morgan fingerprint density at radius 1 is 1.33 bits per heavy atom. The van der Waals surface area contributed by atoms with Gasteiger partial charge in [-0.2, -0.15) is 0 Å². The van der Waals surface area contributed by atoms with Crippen LogP contribution in [0.4, 0.5) is 0 Å². The van der Waals surface area contributed by atoms with Crippen molar-refractivity contribution >= 4 is 10.9 Å². The molecule has 0 saturated heterocycles. The Balaban J connectivity index is 2.34. The highest BCUT2D eigenvalue weighted by Crippen LogP contribution is 2.32. The lowest BCUT2D eigenvalue weighted by Crippen LogP contribution is -2.08. The molecule has 0 unspecified atom stereocenters. The van der Waals surface area contributed by atoms with Gasteiger partial charge in [-0.3, -0.25) is 4.98 Å². The third-order valence-electron chi connectivity index (χ3n) is 2.87. The lowest BCUT2D eigenvalue weighted by Gasteiger charge is -2.18. The van der Waals surface area contributed by atoms with Crippen molar-refractivity contribution in [2.24, 2.45) is 0 Å². The second-order valence-electron chi connectivity index (χ2n) is 4.09. The quantitative estimate of drug-likeness (QED) is 0.651. The van der Waals surface area contributed by atoms with E-state index in [1.807, 2.05) is 6.20 Å². The van der Waals surface area contributed by atoms with E-state index in [2.05, 4.69) is 30.1 Å². The molecule has 0 amide bonds. The van der Waals surface area contributed by atoms with Crippen LogP contribution in [-0.2, 0) is 6.42 Å². The molecular weight excluding hydrogens is 186 g/mol. The second-order valence-corrected chi connectivity index (χ2v) is 4.09. The highest BCUT2D eigenvalue weighted by molar-refractivity contribution is 5.87. The predicted octanol–water partition coefficient (Wildman–Crippen LogP) is 2.87. The van der Waals surface area contributed by atoms with Gasteiger partial charge in [-0.05, 0) is 43.0 Å². The standard InChI is InChI=1S/C13H13NO/c1-9-7-11-12(14-8-9)5-4-10-3-2-6-15-13(10)11/h4-5,7-8H,2-3,6H2,1H3. The SMILES string of the molecule is Cc1cnc2ccc3c(c2c1)OCCC3. The van der Waals surface area contributed by atoms with Gasteiger partial charge in [-0.25, -0.2) is 0 Å². The minimum Gasteiger partial charge on any atom is -0.493 e. The van der Waals surface area contributed by atoms with Gasteiger partial charge < -0.3 is 4.74 Å². The number of aryl methyl sites for hydroxylation is 2. The summed E-state index contributed by atoms with van der Waals surface area (Å²) in [5.41, 5.74) is 3.53. The number of hydrogen-bond acceptors (Lipinski definition) is 2. The van der Waals surface area contributed by atoms with E-state index in [4.69, 9.17) is 4.74 Å². The first-order chi connectivity index (χ1) is 7.34. The molecule has 1 aliphatic heterocycles. The van der Waals surface area contributed by atoms with E-state index in [1.165, 1.54) is 11.1 Å². The van der Waals surface area contributed by atoms with Gasteiger partial charge in [0.2, 0.25) is 0 Å². The van der Waals surface area contributed by atoms with Crippen LogP contribution >= 0.6 is 0 Å². The van der Waals surface area contributed by atoms with Crippen molar-refractivity contribution < 1.29 is 4.74 Å². The lowest BCUT2D eigenvalue weighted by molar-refractivity contribution is 0.292. The van der Waals surface area contributed by atoms with Gasteiger partial charge in [0.15, 0.2) is 0 Å². The summed E-state index contributed by atoms with van der Waals surface area (Å²) in [6.07, 6.45) is 4.15. The van der Waals surface area contributed by atoms with Crippen LogP contribution in [0.2, 0.25) is 0 Å². The van der Waals surface area contributed by atoms with Crippen LogP contribution in [0.3, 0.4) is 0 Å². The van der Waals surface area contributed by atoms with Crippen molar-refractivity contribution in [3.63, 3.8) is 0 Å². The first-order valence-electron chi connectivity index (χ1n) is 5.35. The molecule has 0 fully saturated rings. The topological polar surface area (TPSA) is 22.1 Å². The summed E-state index contributed by atoms with van der Waals surface area (Å²) < 4.78 is 5.75. The van der Waals surface area contributed by atoms with Gasteiger partial charge in [0.05, 0.1) is 12.1 Å². The molecule has 1 aromatic carbocycles. The van der Waals surface area contributed by atoms with Crippen LogP contribution < -0.4 is 4.74 Å². The molecule has 0 radical (unpaired) electrons. The number of ether oxygens (including phenoxy) is 1. The zero-order valence-electron chi connectivity index (χ0n) is 8.79. The normalized spacial score (nSPS) is 14.7. The number of pyridine rings is 1. The minimum absolute atomic E-state index is 0.833. The van der Waals surface area contributed by atoms with Crippen LogP contribution in [0.15, 0.2) is 24.4 Å². The fraction of sp³-hybridized carbons (Fsp3) is 0.308. The maximum atomic E-state index is 5.75. The fourth-order valence-electron chi connectivity index (χ4n) is 2.13. The van der Waals surface area contributed by atoms with Crippen molar-refractivity contribution in [2.45, 2.75) is 19.8 Å². The summed E-state index contributed by atoms with van der Waals surface area (Å²) in [5.74, 6) is 1.05. The zero-order valence-corrected chi connectivity index (χ0v) is 8.79. The Labute approximate surface area is 88.9 Å². The van der Waals surface area contributed by atoms with Crippen LogP contribution in [0.1, 0.15) is 17.5 Å². The Morgan fingerprint density at radius 3 is 3.20 bits per heavy atom. The van der Waals surface area contributed by atoms with Crippen molar-refractivity contribution in [1.29, 1.82) is 0 Å². The molecule has 1 aliphatic rings. The average molecular weight is 199 g/mol. The molecule has 2 heteroatoms. The fourth-order valence-corrected chi connectivity index (χ4v) is 2.13. The van der Waals surface area contributed by atoms with Gasteiger partial charge in [-0.1, -0.05) is 6.07 Å². The van der Waals surface area contributed by atoms with Crippen molar-refractivity contribution in [1.82, 2.24) is 4.98 Å². The Hall–Kier alpha value is -1.57. The summed E-state index contributed by atoms with van der Waals surface area (Å²) in [5, 5.41) is 1.16. The van der Waals surface area contributed by atoms with Gasteiger partial charge in [0.25, 0.3) is 0 Å².